The Labute approximate surface area is 128 Å². The van der Waals surface area contributed by atoms with Gasteiger partial charge in [-0.15, -0.1) is 0 Å². The van der Waals surface area contributed by atoms with Crippen molar-refractivity contribution in [2.24, 2.45) is 0 Å². The van der Waals surface area contributed by atoms with Crippen molar-refractivity contribution in [3.8, 4) is 0 Å². The fourth-order valence-corrected chi connectivity index (χ4v) is 3.62. The lowest BCUT2D eigenvalue weighted by molar-refractivity contribution is 0.622. The molecule has 0 saturated carbocycles. The minimum absolute atomic E-state index is 0.552. The van der Waals surface area contributed by atoms with Crippen molar-refractivity contribution in [2.75, 3.05) is 13.6 Å². The maximum Gasteiger partial charge on any atom is 0.00204 e. The Balaban J connectivity index is 1.84. The molecule has 2 aromatic carbocycles. The van der Waals surface area contributed by atoms with Gasteiger partial charge in [0.05, 0.1) is 0 Å². The van der Waals surface area contributed by atoms with E-state index in [0.717, 1.165) is 13.0 Å². The Morgan fingerprint density at radius 1 is 1.05 bits per heavy atom. The summed E-state index contributed by atoms with van der Waals surface area (Å²) in [6.07, 6.45) is 4.99. The highest BCUT2D eigenvalue weighted by Crippen LogP contribution is 2.27. The van der Waals surface area contributed by atoms with Crippen molar-refractivity contribution in [2.45, 2.75) is 38.5 Å². The number of benzene rings is 2. The molecular weight excluding hydrogens is 254 g/mol. The Morgan fingerprint density at radius 3 is 2.67 bits per heavy atom. The van der Waals surface area contributed by atoms with Gasteiger partial charge in [0.25, 0.3) is 0 Å². The molecule has 3 rings (SSSR count). The molecule has 0 aromatic heterocycles. The van der Waals surface area contributed by atoms with Crippen molar-refractivity contribution in [3.05, 3.63) is 70.3 Å². The highest BCUT2D eigenvalue weighted by atomic mass is 14.8. The zero-order valence-electron chi connectivity index (χ0n) is 13.2. The number of hydrogen-bond donors (Lipinski definition) is 1. The predicted molar refractivity (Wildman–Crippen MR) is 90.0 cm³/mol. The van der Waals surface area contributed by atoms with E-state index in [9.17, 15) is 0 Å². The van der Waals surface area contributed by atoms with Crippen molar-refractivity contribution in [1.29, 1.82) is 0 Å². The number of nitrogens with one attached hydrogen (secondary N) is 1. The molecule has 21 heavy (non-hydrogen) atoms. The Kier molecular flexibility index (Phi) is 4.40. The second-order valence-electron chi connectivity index (χ2n) is 6.27. The van der Waals surface area contributed by atoms with Crippen LogP contribution in [-0.2, 0) is 19.3 Å². The summed E-state index contributed by atoms with van der Waals surface area (Å²) < 4.78 is 0. The Hall–Kier alpha value is -1.60. The Morgan fingerprint density at radius 2 is 1.86 bits per heavy atom. The third kappa shape index (κ3) is 3.19. The summed E-state index contributed by atoms with van der Waals surface area (Å²) in [6.45, 7) is 3.25. The van der Waals surface area contributed by atoms with Crippen LogP contribution in [0.1, 0.15) is 40.2 Å². The maximum atomic E-state index is 3.37. The molecule has 0 saturated heterocycles. The molecule has 1 unspecified atom stereocenters. The average Bonchev–Trinajstić information content (AvgIpc) is 2.95. The van der Waals surface area contributed by atoms with E-state index in [1.165, 1.54) is 36.0 Å². The molecule has 1 heteroatoms. The summed E-state index contributed by atoms with van der Waals surface area (Å²) in [7, 11) is 2.05. The van der Waals surface area contributed by atoms with Crippen LogP contribution in [0.2, 0.25) is 0 Å². The normalized spacial score (nSPS) is 15.0. The number of aryl methyl sites for hydroxylation is 3. The number of likely N-dealkylation sites (N-methyl/N-ethyl adjacent to an activating group) is 1. The van der Waals surface area contributed by atoms with Crippen LogP contribution >= 0.6 is 0 Å². The number of hydrogen-bond acceptors (Lipinski definition) is 1. The highest BCUT2D eigenvalue weighted by molar-refractivity contribution is 5.37. The fraction of sp³-hybridized carbons (Fsp3) is 0.400. The summed E-state index contributed by atoms with van der Waals surface area (Å²) in [4.78, 5) is 0. The standard InChI is InChI=1S/C20H25N/c1-15-6-3-4-9-20(15)19(14-21-2)13-16-10-11-17-7-5-8-18(17)12-16/h3-4,6,9-12,19,21H,5,7-8,13-14H2,1-2H3. The van der Waals surface area contributed by atoms with Gasteiger partial charge in [0.2, 0.25) is 0 Å². The zero-order chi connectivity index (χ0) is 14.7. The van der Waals surface area contributed by atoms with Gasteiger partial charge < -0.3 is 5.32 Å². The maximum absolute atomic E-state index is 3.37. The highest BCUT2D eigenvalue weighted by Gasteiger charge is 2.16. The van der Waals surface area contributed by atoms with E-state index < -0.39 is 0 Å². The SMILES string of the molecule is CNCC(Cc1ccc2c(c1)CCC2)c1ccccc1C. The van der Waals surface area contributed by atoms with Crippen molar-refractivity contribution < 1.29 is 0 Å². The minimum atomic E-state index is 0.552. The lowest BCUT2D eigenvalue weighted by atomic mass is 9.88. The molecule has 0 spiro atoms. The van der Waals surface area contributed by atoms with Crippen molar-refractivity contribution >= 4 is 0 Å². The van der Waals surface area contributed by atoms with Gasteiger partial charge in [-0.05, 0) is 67.5 Å². The predicted octanol–water partition coefficient (Wildman–Crippen LogP) is 4.03. The van der Waals surface area contributed by atoms with Gasteiger partial charge in [-0.3, -0.25) is 0 Å². The molecule has 0 fully saturated rings. The molecule has 2 aromatic rings. The largest absolute Gasteiger partial charge is 0.319 e. The van der Waals surface area contributed by atoms with Gasteiger partial charge in [0, 0.05) is 12.5 Å². The first-order valence-electron chi connectivity index (χ1n) is 8.08. The van der Waals surface area contributed by atoms with Crippen molar-refractivity contribution in [3.63, 3.8) is 0 Å². The van der Waals surface area contributed by atoms with Crippen LogP contribution in [0.5, 0.6) is 0 Å². The minimum Gasteiger partial charge on any atom is -0.319 e. The summed E-state index contributed by atoms with van der Waals surface area (Å²) in [6, 6.07) is 15.9. The lowest BCUT2D eigenvalue weighted by Gasteiger charge is -2.20. The third-order valence-electron chi connectivity index (χ3n) is 4.72. The molecule has 1 atom stereocenters. The van der Waals surface area contributed by atoms with E-state index in [4.69, 9.17) is 0 Å². The first-order chi connectivity index (χ1) is 10.3. The molecule has 0 amide bonds. The van der Waals surface area contributed by atoms with Crippen LogP contribution in [-0.4, -0.2) is 13.6 Å². The van der Waals surface area contributed by atoms with E-state index in [0.29, 0.717) is 5.92 Å². The van der Waals surface area contributed by atoms with Gasteiger partial charge in [-0.1, -0.05) is 42.5 Å². The second-order valence-corrected chi connectivity index (χ2v) is 6.27. The first-order valence-corrected chi connectivity index (χ1v) is 8.08. The topological polar surface area (TPSA) is 12.0 Å². The van der Waals surface area contributed by atoms with Gasteiger partial charge in [-0.25, -0.2) is 0 Å². The molecule has 0 bridgehead atoms. The molecule has 1 N–H and O–H groups in total. The molecule has 0 aliphatic heterocycles. The summed E-state index contributed by atoms with van der Waals surface area (Å²) in [5.41, 5.74) is 7.52. The van der Waals surface area contributed by atoms with Crippen LogP contribution < -0.4 is 5.32 Å². The number of rotatable bonds is 5. The first kappa shape index (κ1) is 14.3. The smallest absolute Gasteiger partial charge is 0.00204 e. The van der Waals surface area contributed by atoms with E-state index in [1.807, 2.05) is 7.05 Å². The lowest BCUT2D eigenvalue weighted by Crippen LogP contribution is -2.20. The average molecular weight is 279 g/mol. The molecule has 110 valence electrons. The van der Waals surface area contributed by atoms with E-state index in [-0.39, 0.29) is 0 Å². The summed E-state index contributed by atoms with van der Waals surface area (Å²) >= 11 is 0. The van der Waals surface area contributed by atoms with E-state index in [2.05, 4.69) is 54.7 Å². The van der Waals surface area contributed by atoms with Gasteiger partial charge >= 0.3 is 0 Å². The van der Waals surface area contributed by atoms with Gasteiger partial charge in [0.1, 0.15) is 0 Å². The van der Waals surface area contributed by atoms with E-state index >= 15 is 0 Å². The van der Waals surface area contributed by atoms with Crippen LogP contribution in [0.15, 0.2) is 42.5 Å². The quantitative estimate of drug-likeness (QED) is 0.871. The van der Waals surface area contributed by atoms with Gasteiger partial charge in [-0.2, -0.15) is 0 Å². The Bertz CT molecular complexity index is 615. The van der Waals surface area contributed by atoms with Crippen LogP contribution in [0.25, 0.3) is 0 Å². The fourth-order valence-electron chi connectivity index (χ4n) is 3.62. The van der Waals surface area contributed by atoms with Crippen LogP contribution in [0, 0.1) is 6.92 Å². The number of fused-ring (bicyclic) bond motifs is 1. The third-order valence-corrected chi connectivity index (χ3v) is 4.72. The molecular formula is C20H25N. The molecule has 0 heterocycles. The zero-order valence-corrected chi connectivity index (χ0v) is 13.2. The molecule has 1 aliphatic rings. The van der Waals surface area contributed by atoms with Gasteiger partial charge in [0.15, 0.2) is 0 Å². The second kappa shape index (κ2) is 6.44. The molecule has 0 radical (unpaired) electrons. The van der Waals surface area contributed by atoms with E-state index in [1.54, 1.807) is 11.1 Å². The van der Waals surface area contributed by atoms with Crippen molar-refractivity contribution in [1.82, 2.24) is 5.32 Å². The summed E-state index contributed by atoms with van der Waals surface area (Å²) in [5.74, 6) is 0.552. The van der Waals surface area contributed by atoms with Crippen LogP contribution in [0.4, 0.5) is 0 Å². The monoisotopic (exact) mass is 279 g/mol. The van der Waals surface area contributed by atoms with Crippen LogP contribution in [0.3, 0.4) is 0 Å². The molecule has 1 nitrogen and oxygen atoms in total. The summed E-state index contributed by atoms with van der Waals surface area (Å²) in [5, 5.41) is 3.37. The molecule has 1 aliphatic carbocycles.